The Morgan fingerprint density at radius 1 is 1.16 bits per heavy atom. The molecule has 2 atom stereocenters. The Morgan fingerprint density at radius 3 is 2.57 bits per heavy atom. The van der Waals surface area contributed by atoms with Crippen LogP contribution >= 0.6 is 27.7 Å². The summed E-state index contributed by atoms with van der Waals surface area (Å²) in [6.07, 6.45) is 0.680. The van der Waals surface area contributed by atoms with E-state index < -0.39 is 5.60 Å². The van der Waals surface area contributed by atoms with E-state index in [1.807, 2.05) is 43.9 Å². The highest BCUT2D eigenvalue weighted by Gasteiger charge is 2.47. The van der Waals surface area contributed by atoms with Crippen LogP contribution in [0, 0.1) is 6.92 Å². The van der Waals surface area contributed by atoms with Crippen LogP contribution in [0.3, 0.4) is 0 Å². The smallest absolute Gasteiger partial charge is 0.410 e. The van der Waals surface area contributed by atoms with Crippen LogP contribution < -0.4 is 9.64 Å². The number of halogens is 1. The van der Waals surface area contributed by atoms with E-state index in [1.54, 1.807) is 11.8 Å². The third-order valence-corrected chi connectivity index (χ3v) is 8.38. The van der Waals surface area contributed by atoms with Crippen LogP contribution in [-0.4, -0.2) is 57.5 Å². The number of carbonyl (C=O) groups excluding carboxylic acids is 1. The SMILES string of the molecule is CCSc1nc(N2CC3CC2CN3C(=O)OC(C)(C)C)c2cc(C)c(Br)c(OCc3ccccc3)c2n1. The van der Waals surface area contributed by atoms with Gasteiger partial charge in [0, 0.05) is 18.5 Å². The molecule has 9 heteroatoms. The fourth-order valence-electron chi connectivity index (χ4n) is 5.05. The van der Waals surface area contributed by atoms with Crippen LogP contribution in [0.25, 0.3) is 10.9 Å². The van der Waals surface area contributed by atoms with E-state index in [2.05, 4.69) is 52.9 Å². The normalized spacial score (nSPS) is 19.1. The molecule has 1 amide bonds. The van der Waals surface area contributed by atoms with Gasteiger partial charge in [0.05, 0.1) is 16.6 Å². The number of rotatable bonds is 6. The second-order valence-electron chi connectivity index (χ2n) is 10.6. The quantitative estimate of drug-likeness (QED) is 0.239. The molecule has 2 bridgehead atoms. The van der Waals surface area contributed by atoms with Crippen LogP contribution in [0.2, 0.25) is 0 Å². The number of aryl methyl sites for hydroxylation is 1. The summed E-state index contributed by atoms with van der Waals surface area (Å²) in [6, 6.07) is 12.6. The van der Waals surface area contributed by atoms with E-state index >= 15 is 0 Å². The number of hydrogen-bond acceptors (Lipinski definition) is 7. The van der Waals surface area contributed by atoms with Crippen LogP contribution in [-0.2, 0) is 11.3 Å². The molecular weight excluding hydrogens is 552 g/mol. The Kier molecular flexibility index (Phi) is 7.29. The molecule has 7 nitrogen and oxygen atoms in total. The summed E-state index contributed by atoms with van der Waals surface area (Å²) in [6.45, 7) is 11.7. The Balaban J connectivity index is 1.50. The minimum Gasteiger partial charge on any atom is -0.485 e. The minimum atomic E-state index is -0.505. The number of hydrogen-bond donors (Lipinski definition) is 0. The molecule has 2 fully saturated rings. The van der Waals surface area contributed by atoms with Gasteiger partial charge in [0.15, 0.2) is 10.9 Å². The highest BCUT2D eigenvalue weighted by atomic mass is 79.9. The number of piperazine rings is 1. The lowest BCUT2D eigenvalue weighted by molar-refractivity contribution is 0.0214. The van der Waals surface area contributed by atoms with Crippen LogP contribution in [0.1, 0.15) is 45.2 Å². The summed E-state index contributed by atoms with van der Waals surface area (Å²) in [5.74, 6) is 2.52. The molecule has 0 saturated carbocycles. The van der Waals surface area contributed by atoms with Crippen molar-refractivity contribution in [3.05, 3.63) is 52.0 Å². The molecule has 5 rings (SSSR count). The van der Waals surface area contributed by atoms with Gasteiger partial charge in [0.1, 0.15) is 23.5 Å². The van der Waals surface area contributed by atoms with Crippen molar-refractivity contribution >= 4 is 50.5 Å². The van der Waals surface area contributed by atoms with Gasteiger partial charge in [-0.25, -0.2) is 14.8 Å². The molecule has 0 aliphatic carbocycles. The van der Waals surface area contributed by atoms with Crippen molar-refractivity contribution in [1.82, 2.24) is 14.9 Å². The monoisotopic (exact) mass is 584 g/mol. The first-order chi connectivity index (χ1) is 17.6. The van der Waals surface area contributed by atoms with Gasteiger partial charge in [0.2, 0.25) is 0 Å². The second-order valence-corrected chi connectivity index (χ2v) is 12.6. The first-order valence-corrected chi connectivity index (χ1v) is 14.5. The lowest BCUT2D eigenvalue weighted by Gasteiger charge is -2.36. The summed E-state index contributed by atoms with van der Waals surface area (Å²) in [5.41, 5.74) is 2.46. The Bertz CT molecular complexity index is 1310. The summed E-state index contributed by atoms with van der Waals surface area (Å²) >= 11 is 5.39. The molecule has 2 saturated heterocycles. The maximum Gasteiger partial charge on any atom is 0.410 e. The minimum absolute atomic E-state index is 0.109. The van der Waals surface area contributed by atoms with Crippen molar-refractivity contribution in [3.63, 3.8) is 0 Å². The average Bonchev–Trinajstić information content (AvgIpc) is 3.46. The molecule has 2 aliphatic heterocycles. The zero-order valence-corrected chi connectivity index (χ0v) is 24.4. The zero-order chi connectivity index (χ0) is 26.3. The van der Waals surface area contributed by atoms with Gasteiger partial charge >= 0.3 is 6.09 Å². The van der Waals surface area contributed by atoms with Gasteiger partial charge in [-0.15, -0.1) is 0 Å². The second kappa shape index (κ2) is 10.3. The lowest BCUT2D eigenvalue weighted by Crippen LogP contribution is -2.50. The fraction of sp³-hybridized carbons (Fsp3) is 0.464. The number of aromatic nitrogens is 2. The molecule has 3 aromatic rings. The van der Waals surface area contributed by atoms with E-state index in [0.717, 1.165) is 61.9 Å². The van der Waals surface area contributed by atoms with Crippen molar-refractivity contribution in [1.29, 1.82) is 0 Å². The van der Waals surface area contributed by atoms with E-state index in [1.165, 1.54) is 0 Å². The maximum atomic E-state index is 12.8. The summed E-state index contributed by atoms with van der Waals surface area (Å²) in [5, 5.41) is 1.71. The summed E-state index contributed by atoms with van der Waals surface area (Å²) in [7, 11) is 0. The number of thioether (sulfide) groups is 1. The number of carbonyl (C=O) groups is 1. The van der Waals surface area contributed by atoms with Gasteiger partial charge in [-0.05, 0) is 73.0 Å². The fourth-order valence-corrected chi connectivity index (χ4v) is 6.03. The number of amides is 1. The topological polar surface area (TPSA) is 67.8 Å². The predicted molar refractivity (Wildman–Crippen MR) is 152 cm³/mol. The first-order valence-electron chi connectivity index (χ1n) is 12.7. The molecule has 2 unspecified atom stereocenters. The number of anilines is 1. The van der Waals surface area contributed by atoms with E-state index in [-0.39, 0.29) is 18.2 Å². The van der Waals surface area contributed by atoms with E-state index in [9.17, 15) is 4.79 Å². The van der Waals surface area contributed by atoms with Crippen molar-refractivity contribution in [2.75, 3.05) is 23.7 Å². The molecule has 0 N–H and O–H groups in total. The molecule has 0 spiro atoms. The van der Waals surface area contributed by atoms with Crippen molar-refractivity contribution in [2.45, 2.75) is 70.5 Å². The van der Waals surface area contributed by atoms with Crippen molar-refractivity contribution < 1.29 is 14.3 Å². The summed E-state index contributed by atoms with van der Waals surface area (Å²) < 4.78 is 13.0. The number of nitrogens with zero attached hydrogens (tertiary/aromatic N) is 4. The molecule has 2 aliphatic rings. The molecule has 196 valence electrons. The summed E-state index contributed by atoms with van der Waals surface area (Å²) in [4.78, 5) is 27.0. The van der Waals surface area contributed by atoms with Gasteiger partial charge in [-0.1, -0.05) is 49.0 Å². The van der Waals surface area contributed by atoms with Gasteiger partial charge in [0.25, 0.3) is 0 Å². The van der Waals surface area contributed by atoms with Crippen molar-refractivity contribution in [2.24, 2.45) is 0 Å². The highest BCUT2D eigenvalue weighted by molar-refractivity contribution is 9.10. The standard InChI is InChI=1S/C28H33BrN4O3S/c1-6-37-26-30-23-21(12-17(2)22(29)24(23)35-16-18-10-8-7-9-11-18)25(31-26)32-14-20-13-19(32)15-33(20)27(34)36-28(3,4)5/h7-12,19-20H,6,13-16H2,1-5H3. The molecule has 2 aromatic carbocycles. The zero-order valence-electron chi connectivity index (χ0n) is 22.0. The Labute approximate surface area is 231 Å². The molecule has 1 aromatic heterocycles. The third kappa shape index (κ3) is 5.39. The van der Waals surface area contributed by atoms with Crippen LogP contribution in [0.5, 0.6) is 5.75 Å². The van der Waals surface area contributed by atoms with Crippen LogP contribution in [0.4, 0.5) is 10.6 Å². The number of benzene rings is 2. The molecular formula is C28H33BrN4O3S. The highest BCUT2D eigenvalue weighted by Crippen LogP contribution is 2.43. The Morgan fingerprint density at radius 2 is 1.92 bits per heavy atom. The maximum absolute atomic E-state index is 12.8. The first kappa shape index (κ1) is 26.1. The number of likely N-dealkylation sites (tertiary alicyclic amines) is 1. The van der Waals surface area contributed by atoms with Crippen molar-refractivity contribution in [3.8, 4) is 5.75 Å². The van der Waals surface area contributed by atoms with Crippen LogP contribution in [0.15, 0.2) is 46.0 Å². The van der Waals surface area contributed by atoms with E-state index in [4.69, 9.17) is 19.4 Å². The lowest BCUT2D eigenvalue weighted by atomic mass is 10.1. The Hall–Kier alpha value is -2.52. The van der Waals surface area contributed by atoms with Gasteiger partial charge in [-0.3, -0.25) is 0 Å². The van der Waals surface area contributed by atoms with Gasteiger partial charge < -0.3 is 19.3 Å². The third-order valence-electron chi connectivity index (χ3n) is 6.67. The van der Waals surface area contributed by atoms with E-state index in [0.29, 0.717) is 13.2 Å². The predicted octanol–water partition coefficient (Wildman–Crippen LogP) is 6.59. The number of ether oxygens (including phenoxy) is 2. The molecule has 0 radical (unpaired) electrons. The number of fused-ring (bicyclic) bond motifs is 3. The van der Waals surface area contributed by atoms with Gasteiger partial charge in [-0.2, -0.15) is 0 Å². The largest absolute Gasteiger partial charge is 0.485 e. The average molecular weight is 586 g/mol. The molecule has 3 heterocycles. The molecule has 37 heavy (non-hydrogen) atoms.